The number of alkyl halides is 1. The lowest BCUT2D eigenvalue weighted by molar-refractivity contribution is 0.112. The highest BCUT2D eigenvalue weighted by atomic mass is 35.5. The maximum Gasteiger partial charge on any atom is 0.0716 e. The molecule has 1 fully saturated rings. The van der Waals surface area contributed by atoms with Crippen molar-refractivity contribution in [1.29, 1.82) is 0 Å². The fourth-order valence-corrected chi connectivity index (χ4v) is 3.39. The molecule has 0 spiro atoms. The molecule has 0 bridgehead atoms. The molecule has 2 heteroatoms. The molecule has 0 amide bonds. The minimum Gasteiger partial charge on any atom is -0.377 e. The van der Waals surface area contributed by atoms with E-state index in [1.54, 1.807) is 0 Å². The van der Waals surface area contributed by atoms with E-state index >= 15 is 0 Å². The van der Waals surface area contributed by atoms with Crippen molar-refractivity contribution in [3.05, 3.63) is 35.9 Å². The molecule has 0 heterocycles. The van der Waals surface area contributed by atoms with Gasteiger partial charge in [0.05, 0.1) is 6.61 Å². The SMILES string of the molecule is CC1(C)CC1(CCl)CCCOCc1ccccc1. The summed E-state index contributed by atoms with van der Waals surface area (Å²) in [6, 6.07) is 10.3. The van der Waals surface area contributed by atoms with Crippen molar-refractivity contribution < 1.29 is 4.74 Å². The molecule has 0 N–H and O–H groups in total. The van der Waals surface area contributed by atoms with Gasteiger partial charge in [-0.1, -0.05) is 44.2 Å². The zero-order chi connectivity index (χ0) is 13.1. The monoisotopic (exact) mass is 266 g/mol. The average Bonchev–Trinajstić information content (AvgIpc) is 2.93. The number of hydrogen-bond acceptors (Lipinski definition) is 1. The topological polar surface area (TPSA) is 9.23 Å². The number of ether oxygens (including phenoxy) is 1. The van der Waals surface area contributed by atoms with Crippen LogP contribution in [0.25, 0.3) is 0 Å². The Morgan fingerprint density at radius 1 is 1.22 bits per heavy atom. The van der Waals surface area contributed by atoms with Crippen LogP contribution in [-0.2, 0) is 11.3 Å². The molecule has 1 atom stereocenters. The average molecular weight is 267 g/mol. The van der Waals surface area contributed by atoms with Gasteiger partial charge < -0.3 is 4.74 Å². The summed E-state index contributed by atoms with van der Waals surface area (Å²) in [4.78, 5) is 0. The van der Waals surface area contributed by atoms with Crippen molar-refractivity contribution >= 4 is 11.6 Å². The van der Waals surface area contributed by atoms with Crippen LogP contribution in [0.3, 0.4) is 0 Å². The number of benzene rings is 1. The van der Waals surface area contributed by atoms with Crippen molar-refractivity contribution in [2.75, 3.05) is 12.5 Å². The molecule has 1 saturated carbocycles. The molecular formula is C16H23ClO. The maximum absolute atomic E-state index is 6.11. The first-order chi connectivity index (χ1) is 8.60. The third-order valence-electron chi connectivity index (χ3n) is 4.40. The quantitative estimate of drug-likeness (QED) is 0.516. The second kappa shape index (κ2) is 5.63. The lowest BCUT2D eigenvalue weighted by atomic mass is 9.93. The molecule has 0 saturated heterocycles. The first-order valence-corrected chi connectivity index (χ1v) is 7.31. The van der Waals surface area contributed by atoms with Gasteiger partial charge in [0, 0.05) is 12.5 Å². The molecule has 100 valence electrons. The molecule has 1 aliphatic rings. The van der Waals surface area contributed by atoms with Crippen LogP contribution in [0.1, 0.15) is 38.7 Å². The molecule has 1 nitrogen and oxygen atoms in total. The molecule has 0 radical (unpaired) electrons. The Morgan fingerprint density at radius 2 is 1.89 bits per heavy atom. The summed E-state index contributed by atoms with van der Waals surface area (Å²) < 4.78 is 5.71. The van der Waals surface area contributed by atoms with Crippen molar-refractivity contribution in [2.45, 2.75) is 39.7 Å². The fraction of sp³-hybridized carbons (Fsp3) is 0.625. The van der Waals surface area contributed by atoms with Gasteiger partial charge in [0.1, 0.15) is 0 Å². The molecule has 1 aromatic carbocycles. The minimum atomic E-state index is 0.380. The van der Waals surface area contributed by atoms with E-state index < -0.39 is 0 Å². The van der Waals surface area contributed by atoms with Crippen molar-refractivity contribution in [2.24, 2.45) is 10.8 Å². The van der Waals surface area contributed by atoms with Crippen LogP contribution in [-0.4, -0.2) is 12.5 Å². The predicted octanol–water partition coefficient (Wildman–Crippen LogP) is 4.64. The van der Waals surface area contributed by atoms with E-state index in [1.807, 2.05) is 18.2 Å². The van der Waals surface area contributed by atoms with Gasteiger partial charge in [-0.25, -0.2) is 0 Å². The summed E-state index contributed by atoms with van der Waals surface area (Å²) in [6.07, 6.45) is 3.57. The Hall–Kier alpha value is -0.530. The summed E-state index contributed by atoms with van der Waals surface area (Å²) in [5.41, 5.74) is 2.06. The second-order valence-corrected chi connectivity index (χ2v) is 6.38. The van der Waals surface area contributed by atoms with Gasteiger partial charge in [0.25, 0.3) is 0 Å². The van der Waals surface area contributed by atoms with Crippen molar-refractivity contribution in [1.82, 2.24) is 0 Å². The smallest absolute Gasteiger partial charge is 0.0716 e. The van der Waals surface area contributed by atoms with Gasteiger partial charge in [-0.05, 0) is 35.7 Å². The summed E-state index contributed by atoms with van der Waals surface area (Å²) in [5.74, 6) is 0.790. The van der Waals surface area contributed by atoms with Crippen molar-refractivity contribution in [3.63, 3.8) is 0 Å². The van der Waals surface area contributed by atoms with E-state index in [0.29, 0.717) is 10.8 Å². The molecule has 18 heavy (non-hydrogen) atoms. The molecule has 1 unspecified atom stereocenters. The van der Waals surface area contributed by atoms with Gasteiger partial charge in [-0.15, -0.1) is 11.6 Å². The third-order valence-corrected chi connectivity index (χ3v) is 4.91. The van der Waals surface area contributed by atoms with Crippen LogP contribution >= 0.6 is 11.6 Å². The number of hydrogen-bond donors (Lipinski definition) is 0. The third kappa shape index (κ3) is 3.07. The normalized spacial score (nSPS) is 25.1. The predicted molar refractivity (Wildman–Crippen MR) is 76.9 cm³/mol. The Morgan fingerprint density at radius 3 is 2.44 bits per heavy atom. The second-order valence-electron chi connectivity index (χ2n) is 6.12. The van der Waals surface area contributed by atoms with E-state index in [0.717, 1.165) is 25.5 Å². The number of rotatable bonds is 7. The zero-order valence-electron chi connectivity index (χ0n) is 11.4. The first kappa shape index (κ1) is 13.9. The maximum atomic E-state index is 6.11. The lowest BCUT2D eigenvalue weighted by Crippen LogP contribution is -2.12. The molecule has 1 aromatic rings. The van der Waals surface area contributed by atoms with Crippen LogP contribution in [0, 0.1) is 10.8 Å². The highest BCUT2D eigenvalue weighted by Crippen LogP contribution is 2.66. The standard InChI is InChI=1S/C16H23ClO/c1-15(2)12-16(15,13-17)9-6-10-18-11-14-7-4-3-5-8-14/h3-5,7-8H,6,9-13H2,1-2H3. The molecular weight excluding hydrogens is 244 g/mol. The minimum absolute atomic E-state index is 0.380. The van der Waals surface area contributed by atoms with Crippen LogP contribution < -0.4 is 0 Å². The Labute approximate surface area is 115 Å². The van der Waals surface area contributed by atoms with E-state index in [-0.39, 0.29) is 0 Å². The zero-order valence-corrected chi connectivity index (χ0v) is 12.2. The summed E-state index contributed by atoms with van der Waals surface area (Å²) in [6.45, 7) is 6.20. The fourth-order valence-electron chi connectivity index (χ4n) is 2.80. The van der Waals surface area contributed by atoms with E-state index in [1.165, 1.54) is 18.4 Å². The Kier molecular flexibility index (Phi) is 4.34. The molecule has 2 rings (SSSR count). The van der Waals surface area contributed by atoms with Crippen LogP contribution in [0.2, 0.25) is 0 Å². The first-order valence-electron chi connectivity index (χ1n) is 6.77. The summed E-state index contributed by atoms with van der Waals surface area (Å²) in [5, 5.41) is 0. The largest absolute Gasteiger partial charge is 0.377 e. The highest BCUT2D eigenvalue weighted by molar-refractivity contribution is 6.18. The van der Waals surface area contributed by atoms with Crippen LogP contribution in [0.4, 0.5) is 0 Å². The number of halogens is 1. The Bertz CT molecular complexity index is 374. The van der Waals surface area contributed by atoms with Crippen LogP contribution in [0.15, 0.2) is 30.3 Å². The van der Waals surface area contributed by atoms with E-state index in [4.69, 9.17) is 16.3 Å². The van der Waals surface area contributed by atoms with Crippen molar-refractivity contribution in [3.8, 4) is 0 Å². The van der Waals surface area contributed by atoms with E-state index in [2.05, 4.69) is 26.0 Å². The summed E-state index contributed by atoms with van der Waals surface area (Å²) in [7, 11) is 0. The molecule has 1 aliphatic carbocycles. The van der Waals surface area contributed by atoms with Gasteiger partial charge in [0.2, 0.25) is 0 Å². The molecule has 0 aromatic heterocycles. The Balaban J connectivity index is 1.63. The van der Waals surface area contributed by atoms with Gasteiger partial charge in [0.15, 0.2) is 0 Å². The van der Waals surface area contributed by atoms with Gasteiger partial charge >= 0.3 is 0 Å². The van der Waals surface area contributed by atoms with E-state index in [9.17, 15) is 0 Å². The van der Waals surface area contributed by atoms with Gasteiger partial charge in [-0.2, -0.15) is 0 Å². The van der Waals surface area contributed by atoms with Gasteiger partial charge in [-0.3, -0.25) is 0 Å². The molecule has 0 aliphatic heterocycles. The van der Waals surface area contributed by atoms with Crippen LogP contribution in [0.5, 0.6) is 0 Å². The highest BCUT2D eigenvalue weighted by Gasteiger charge is 2.59. The lowest BCUT2D eigenvalue weighted by Gasteiger charge is -2.17. The summed E-state index contributed by atoms with van der Waals surface area (Å²) >= 11 is 6.11.